The molecule has 2 rings (SSSR count). The third-order valence-corrected chi connectivity index (χ3v) is 3.86. The molecule has 0 spiro atoms. The van der Waals surface area contributed by atoms with Crippen molar-refractivity contribution in [3.63, 3.8) is 0 Å². The molecule has 2 aliphatic rings. The number of hydrogen-bond donors (Lipinski definition) is 0. The molecule has 12 heavy (non-hydrogen) atoms. The molecule has 1 aliphatic heterocycles. The molecule has 0 unspecified atom stereocenters. The second kappa shape index (κ2) is 3.37. The van der Waals surface area contributed by atoms with E-state index >= 15 is 0 Å². The van der Waals surface area contributed by atoms with Crippen LogP contribution in [0.5, 0.6) is 0 Å². The molecule has 1 heterocycles. The van der Waals surface area contributed by atoms with Gasteiger partial charge >= 0.3 is 0 Å². The lowest BCUT2D eigenvalue weighted by molar-refractivity contribution is 0.0654. The van der Waals surface area contributed by atoms with Crippen molar-refractivity contribution in [2.45, 2.75) is 45.1 Å². The van der Waals surface area contributed by atoms with Gasteiger partial charge in [-0.05, 0) is 57.5 Å². The Morgan fingerprint density at radius 3 is 2.83 bits per heavy atom. The van der Waals surface area contributed by atoms with Gasteiger partial charge in [0.1, 0.15) is 0 Å². The number of fused-ring (bicyclic) bond motifs is 1. The van der Waals surface area contributed by atoms with Crippen molar-refractivity contribution in [1.29, 1.82) is 0 Å². The fraction of sp³-hybridized carbons (Fsp3) is 1.00. The van der Waals surface area contributed by atoms with Crippen LogP contribution in [0.2, 0.25) is 0 Å². The molecule has 2 fully saturated rings. The van der Waals surface area contributed by atoms with E-state index in [1.807, 2.05) is 0 Å². The van der Waals surface area contributed by atoms with Crippen molar-refractivity contribution >= 4 is 0 Å². The maximum absolute atomic E-state index is 2.60. The smallest absolute Gasteiger partial charge is 0.0121 e. The third-order valence-electron chi connectivity index (χ3n) is 3.86. The zero-order chi connectivity index (χ0) is 8.55. The van der Waals surface area contributed by atoms with Gasteiger partial charge in [0.15, 0.2) is 0 Å². The van der Waals surface area contributed by atoms with Crippen LogP contribution in [0.1, 0.15) is 39.0 Å². The van der Waals surface area contributed by atoms with E-state index in [0.717, 1.165) is 17.9 Å². The first-order valence-corrected chi connectivity index (χ1v) is 5.47. The van der Waals surface area contributed by atoms with Crippen LogP contribution in [0, 0.1) is 11.8 Å². The lowest BCUT2D eigenvalue weighted by atomic mass is 9.74. The minimum atomic E-state index is 0.940. The second-order valence-corrected chi connectivity index (χ2v) is 4.87. The highest BCUT2D eigenvalue weighted by Gasteiger charge is 2.33. The van der Waals surface area contributed by atoms with Gasteiger partial charge in [-0.3, -0.25) is 0 Å². The Kier molecular flexibility index (Phi) is 2.40. The van der Waals surface area contributed by atoms with E-state index in [1.165, 1.54) is 38.6 Å². The summed E-state index contributed by atoms with van der Waals surface area (Å²) < 4.78 is 0. The summed E-state index contributed by atoms with van der Waals surface area (Å²) in [6.07, 6.45) is 7.35. The van der Waals surface area contributed by atoms with Crippen LogP contribution in [0.15, 0.2) is 0 Å². The number of rotatable bonds is 0. The van der Waals surface area contributed by atoms with Crippen molar-refractivity contribution in [2.75, 3.05) is 13.6 Å². The first-order chi connectivity index (χ1) is 5.77. The molecule has 0 aromatic carbocycles. The Labute approximate surface area is 76.1 Å². The topological polar surface area (TPSA) is 3.24 Å². The van der Waals surface area contributed by atoms with Gasteiger partial charge in [0.05, 0.1) is 0 Å². The summed E-state index contributed by atoms with van der Waals surface area (Å²) in [5.74, 6) is 2.03. The van der Waals surface area contributed by atoms with Gasteiger partial charge < -0.3 is 4.90 Å². The summed E-state index contributed by atoms with van der Waals surface area (Å²) in [6.45, 7) is 3.76. The van der Waals surface area contributed by atoms with E-state index in [1.54, 1.807) is 0 Å². The summed E-state index contributed by atoms with van der Waals surface area (Å²) in [6, 6.07) is 0.940. The van der Waals surface area contributed by atoms with Gasteiger partial charge in [0.2, 0.25) is 0 Å². The van der Waals surface area contributed by atoms with Gasteiger partial charge in [-0.25, -0.2) is 0 Å². The van der Waals surface area contributed by atoms with Crippen LogP contribution in [-0.4, -0.2) is 24.5 Å². The molecule has 0 amide bonds. The van der Waals surface area contributed by atoms with Crippen LogP contribution >= 0.6 is 0 Å². The van der Waals surface area contributed by atoms with E-state index < -0.39 is 0 Å². The highest BCUT2D eigenvalue weighted by atomic mass is 15.1. The Morgan fingerprint density at radius 1 is 1.17 bits per heavy atom. The standard InChI is InChI=1S/C11H21N/c1-9-5-6-11-10(8-9)4-3-7-12(11)2/h9-11H,3-8H2,1-2H3/t9-,10-,11+/m0/s1. The third kappa shape index (κ3) is 1.52. The monoisotopic (exact) mass is 167 g/mol. The lowest BCUT2D eigenvalue weighted by Gasteiger charge is -2.44. The summed E-state index contributed by atoms with van der Waals surface area (Å²) in [5.41, 5.74) is 0. The molecule has 0 bridgehead atoms. The number of piperidine rings is 1. The summed E-state index contributed by atoms with van der Waals surface area (Å²) in [4.78, 5) is 2.60. The average Bonchev–Trinajstić information content (AvgIpc) is 2.04. The molecule has 0 aromatic rings. The molecule has 0 aromatic heterocycles. The minimum absolute atomic E-state index is 0.940. The van der Waals surface area contributed by atoms with Gasteiger partial charge in [0, 0.05) is 6.04 Å². The molecule has 1 nitrogen and oxygen atoms in total. The lowest BCUT2D eigenvalue weighted by Crippen LogP contribution is -2.45. The van der Waals surface area contributed by atoms with Gasteiger partial charge in [0.25, 0.3) is 0 Å². The van der Waals surface area contributed by atoms with E-state index in [4.69, 9.17) is 0 Å². The van der Waals surface area contributed by atoms with Crippen LogP contribution < -0.4 is 0 Å². The highest BCUT2D eigenvalue weighted by Crippen LogP contribution is 2.36. The second-order valence-electron chi connectivity index (χ2n) is 4.87. The Morgan fingerprint density at radius 2 is 2.00 bits per heavy atom. The first kappa shape index (κ1) is 8.55. The minimum Gasteiger partial charge on any atom is -0.303 e. The highest BCUT2D eigenvalue weighted by molar-refractivity contribution is 4.87. The molecular weight excluding hydrogens is 146 g/mol. The Balaban J connectivity index is 1.99. The molecule has 0 N–H and O–H groups in total. The molecule has 1 aliphatic carbocycles. The summed E-state index contributed by atoms with van der Waals surface area (Å²) in [7, 11) is 2.31. The van der Waals surface area contributed by atoms with Crippen LogP contribution in [-0.2, 0) is 0 Å². The van der Waals surface area contributed by atoms with E-state index in [0.29, 0.717) is 0 Å². The molecule has 70 valence electrons. The zero-order valence-corrected chi connectivity index (χ0v) is 8.42. The van der Waals surface area contributed by atoms with Crippen molar-refractivity contribution in [2.24, 2.45) is 11.8 Å². The van der Waals surface area contributed by atoms with Crippen LogP contribution in [0.3, 0.4) is 0 Å². The van der Waals surface area contributed by atoms with Gasteiger partial charge in [-0.2, -0.15) is 0 Å². The summed E-state index contributed by atoms with van der Waals surface area (Å²) in [5, 5.41) is 0. The Hall–Kier alpha value is -0.0400. The molecular formula is C11H21N. The first-order valence-electron chi connectivity index (χ1n) is 5.47. The summed E-state index contributed by atoms with van der Waals surface area (Å²) >= 11 is 0. The van der Waals surface area contributed by atoms with E-state index in [9.17, 15) is 0 Å². The SMILES string of the molecule is C[C@H]1CC[C@@H]2[C@@H](CCCN2C)C1. The van der Waals surface area contributed by atoms with Crippen molar-refractivity contribution in [3.8, 4) is 0 Å². The van der Waals surface area contributed by atoms with Crippen molar-refractivity contribution < 1.29 is 0 Å². The molecule has 1 saturated heterocycles. The van der Waals surface area contributed by atoms with Crippen LogP contribution in [0.4, 0.5) is 0 Å². The fourth-order valence-corrected chi connectivity index (χ4v) is 3.14. The molecule has 3 atom stereocenters. The number of nitrogens with zero attached hydrogens (tertiary/aromatic N) is 1. The van der Waals surface area contributed by atoms with E-state index in [2.05, 4.69) is 18.9 Å². The van der Waals surface area contributed by atoms with Crippen molar-refractivity contribution in [3.05, 3.63) is 0 Å². The molecule has 1 saturated carbocycles. The quantitative estimate of drug-likeness (QED) is 0.536. The molecule has 0 radical (unpaired) electrons. The Bertz CT molecular complexity index is 155. The normalized spacial score (nSPS) is 44.0. The van der Waals surface area contributed by atoms with Crippen LogP contribution in [0.25, 0.3) is 0 Å². The van der Waals surface area contributed by atoms with Crippen molar-refractivity contribution in [1.82, 2.24) is 4.90 Å². The predicted octanol–water partition coefficient (Wildman–Crippen LogP) is 2.52. The fourth-order valence-electron chi connectivity index (χ4n) is 3.14. The largest absolute Gasteiger partial charge is 0.303 e. The van der Waals surface area contributed by atoms with Gasteiger partial charge in [-0.1, -0.05) is 6.92 Å². The maximum atomic E-state index is 2.60. The number of likely N-dealkylation sites (tertiary alicyclic amines) is 1. The predicted molar refractivity (Wildman–Crippen MR) is 52.2 cm³/mol. The molecule has 1 heteroatoms. The van der Waals surface area contributed by atoms with Gasteiger partial charge in [-0.15, -0.1) is 0 Å². The zero-order valence-electron chi connectivity index (χ0n) is 8.42. The van der Waals surface area contributed by atoms with E-state index in [-0.39, 0.29) is 0 Å². The maximum Gasteiger partial charge on any atom is 0.0121 e. The average molecular weight is 167 g/mol. The number of hydrogen-bond acceptors (Lipinski definition) is 1.